The Kier molecular flexibility index (Phi) is 6.71. The normalized spacial score (nSPS) is 46.6. The molecular weight excluding hydrogens is 504 g/mol. The van der Waals surface area contributed by atoms with Crippen LogP contribution in [0.5, 0.6) is 0 Å². The molecule has 34 heavy (non-hydrogen) atoms. The number of carboxylic acid groups (broad SMARTS) is 3. The first-order valence-electron chi connectivity index (χ1n) is 12.7. The summed E-state index contributed by atoms with van der Waals surface area (Å²) in [6, 6.07) is 0. The third kappa shape index (κ3) is 3.73. The quantitative estimate of drug-likeness (QED) is 0.416. The Balaban J connectivity index is 1.71. The number of rotatable bonds is 6. The standard InChI is InChI=1S/C26H37BrO7/c1-12(4-7-19(28)29)14-5-6-15-20-16(11-18(24(33)34)26(14,15)3)25(2)9-8-13(23(31)32)10-17(25)21(27)22(20)30/h12-18,20-21H,4-11H2,1-3H3,(H,28,29)(H,31,32)(H,33,34)/t12-,13+,14+,15-,16-,17-,18+,20+,21+,25+,26+/m0/s1. The summed E-state index contributed by atoms with van der Waals surface area (Å²) in [7, 11) is 0. The van der Waals surface area contributed by atoms with Crippen LogP contribution in [0.15, 0.2) is 0 Å². The molecule has 0 unspecified atom stereocenters. The van der Waals surface area contributed by atoms with Gasteiger partial charge >= 0.3 is 17.9 Å². The number of carbonyl (C=O) groups is 4. The average molecular weight is 541 g/mol. The van der Waals surface area contributed by atoms with Crippen molar-refractivity contribution in [2.45, 2.75) is 77.0 Å². The zero-order chi connectivity index (χ0) is 25.2. The van der Waals surface area contributed by atoms with E-state index in [1.807, 2.05) is 13.8 Å². The number of ketones is 1. The number of carboxylic acids is 3. The molecule has 0 spiro atoms. The summed E-state index contributed by atoms with van der Waals surface area (Å²) in [4.78, 5) is 49.0. The monoisotopic (exact) mass is 540 g/mol. The minimum atomic E-state index is -0.842. The molecule has 0 aromatic carbocycles. The minimum Gasteiger partial charge on any atom is -0.481 e. The molecule has 4 aliphatic rings. The van der Waals surface area contributed by atoms with Crippen LogP contribution in [0.2, 0.25) is 0 Å². The van der Waals surface area contributed by atoms with Crippen LogP contribution in [0.3, 0.4) is 0 Å². The second-order valence-electron chi connectivity index (χ2n) is 12.1. The van der Waals surface area contributed by atoms with Crippen LogP contribution < -0.4 is 0 Å². The SMILES string of the molecule is C[C@@H](CCC(=O)O)[C@H]1CC[C@H]2[C@H]3C(=O)[C@H](Br)[C@@H]4C[C@H](C(=O)O)CC[C@]4(C)[C@H]3C[C@H](C(=O)O)[C@]12C. The molecule has 190 valence electrons. The molecule has 8 heteroatoms. The van der Waals surface area contributed by atoms with Crippen LogP contribution in [0.25, 0.3) is 0 Å². The second-order valence-corrected chi connectivity index (χ2v) is 13.0. The summed E-state index contributed by atoms with van der Waals surface area (Å²) in [5, 5.41) is 29.2. The number of Topliss-reactive ketones (excluding diaryl/α,β-unsaturated/α-hetero) is 1. The lowest BCUT2D eigenvalue weighted by Crippen LogP contribution is -2.63. The van der Waals surface area contributed by atoms with Gasteiger partial charge in [0.1, 0.15) is 5.78 Å². The van der Waals surface area contributed by atoms with Gasteiger partial charge in [-0.05, 0) is 85.4 Å². The van der Waals surface area contributed by atoms with Gasteiger partial charge in [0.05, 0.1) is 16.7 Å². The molecular formula is C26H37BrO7. The Bertz CT molecular complexity index is 888. The Morgan fingerprint density at radius 3 is 2.26 bits per heavy atom. The Labute approximate surface area is 209 Å². The number of halogens is 1. The van der Waals surface area contributed by atoms with Gasteiger partial charge in [-0.2, -0.15) is 0 Å². The van der Waals surface area contributed by atoms with E-state index in [1.54, 1.807) is 0 Å². The smallest absolute Gasteiger partial charge is 0.307 e. The van der Waals surface area contributed by atoms with Crippen molar-refractivity contribution in [3.8, 4) is 0 Å². The van der Waals surface area contributed by atoms with E-state index in [2.05, 4.69) is 22.9 Å². The van der Waals surface area contributed by atoms with Crippen LogP contribution in [0.4, 0.5) is 0 Å². The maximum absolute atomic E-state index is 13.9. The minimum absolute atomic E-state index is 0.0489. The fourth-order valence-corrected chi connectivity index (χ4v) is 10.2. The molecule has 4 fully saturated rings. The van der Waals surface area contributed by atoms with E-state index >= 15 is 0 Å². The van der Waals surface area contributed by atoms with Crippen molar-refractivity contribution in [3.05, 3.63) is 0 Å². The summed E-state index contributed by atoms with van der Waals surface area (Å²) in [6.07, 6.45) is 4.32. The molecule has 11 atom stereocenters. The molecule has 0 heterocycles. The number of carbonyl (C=O) groups excluding carboxylic acids is 1. The molecule has 0 amide bonds. The maximum atomic E-state index is 13.9. The number of aliphatic carboxylic acids is 3. The summed E-state index contributed by atoms with van der Waals surface area (Å²) >= 11 is 3.69. The van der Waals surface area contributed by atoms with Crippen molar-refractivity contribution >= 4 is 39.6 Å². The molecule has 4 rings (SSSR count). The summed E-state index contributed by atoms with van der Waals surface area (Å²) in [5.74, 6) is -3.74. The van der Waals surface area contributed by atoms with Crippen LogP contribution in [0, 0.1) is 58.2 Å². The Morgan fingerprint density at radius 1 is 1.00 bits per heavy atom. The molecule has 0 aliphatic heterocycles. The van der Waals surface area contributed by atoms with Gasteiger partial charge in [-0.3, -0.25) is 19.2 Å². The van der Waals surface area contributed by atoms with E-state index in [0.29, 0.717) is 32.1 Å². The average Bonchev–Trinajstić information content (AvgIpc) is 3.12. The summed E-state index contributed by atoms with van der Waals surface area (Å²) in [5.41, 5.74) is -0.838. The van der Waals surface area contributed by atoms with E-state index < -0.39 is 40.0 Å². The van der Waals surface area contributed by atoms with Gasteiger partial charge in [0.15, 0.2) is 0 Å². The molecule has 4 aliphatic carbocycles. The number of alkyl halides is 1. The van der Waals surface area contributed by atoms with Gasteiger partial charge in [0, 0.05) is 12.3 Å². The topological polar surface area (TPSA) is 129 Å². The zero-order valence-corrected chi connectivity index (χ0v) is 21.8. The molecule has 3 N–H and O–H groups in total. The fraction of sp³-hybridized carbons (Fsp3) is 0.846. The zero-order valence-electron chi connectivity index (χ0n) is 20.2. The molecule has 0 saturated heterocycles. The van der Waals surface area contributed by atoms with Gasteiger partial charge in [0.25, 0.3) is 0 Å². The highest BCUT2D eigenvalue weighted by molar-refractivity contribution is 9.10. The lowest BCUT2D eigenvalue weighted by molar-refractivity contribution is -0.181. The predicted molar refractivity (Wildman–Crippen MR) is 127 cm³/mol. The number of fused-ring (bicyclic) bond motifs is 5. The predicted octanol–water partition coefficient (Wildman–Crippen LogP) is 4.71. The third-order valence-electron chi connectivity index (χ3n) is 10.9. The van der Waals surface area contributed by atoms with Crippen molar-refractivity contribution in [1.82, 2.24) is 0 Å². The lowest BCUT2D eigenvalue weighted by atomic mass is 9.41. The van der Waals surface area contributed by atoms with Gasteiger partial charge in [-0.1, -0.05) is 36.7 Å². The first kappa shape index (κ1) is 25.6. The van der Waals surface area contributed by atoms with E-state index in [9.17, 15) is 34.5 Å². The maximum Gasteiger partial charge on any atom is 0.307 e. The van der Waals surface area contributed by atoms with Crippen molar-refractivity contribution < 1.29 is 34.5 Å². The molecule has 4 saturated carbocycles. The number of hydrogen-bond donors (Lipinski definition) is 3. The van der Waals surface area contributed by atoms with Crippen LogP contribution in [-0.2, 0) is 19.2 Å². The third-order valence-corrected chi connectivity index (χ3v) is 11.9. The van der Waals surface area contributed by atoms with Crippen molar-refractivity contribution in [1.29, 1.82) is 0 Å². The van der Waals surface area contributed by atoms with Crippen molar-refractivity contribution in [3.63, 3.8) is 0 Å². The summed E-state index contributed by atoms with van der Waals surface area (Å²) < 4.78 is 0. The summed E-state index contributed by atoms with van der Waals surface area (Å²) in [6.45, 7) is 6.25. The fourth-order valence-electron chi connectivity index (χ4n) is 9.05. The van der Waals surface area contributed by atoms with Gasteiger partial charge in [-0.25, -0.2) is 0 Å². The van der Waals surface area contributed by atoms with Gasteiger partial charge < -0.3 is 15.3 Å². The van der Waals surface area contributed by atoms with Crippen LogP contribution in [0.1, 0.15) is 72.1 Å². The molecule has 0 bridgehead atoms. The highest BCUT2D eigenvalue weighted by atomic mass is 79.9. The first-order chi connectivity index (χ1) is 15.8. The van der Waals surface area contributed by atoms with E-state index in [1.165, 1.54) is 0 Å². The number of hydrogen-bond acceptors (Lipinski definition) is 4. The van der Waals surface area contributed by atoms with Crippen LogP contribution >= 0.6 is 15.9 Å². The van der Waals surface area contributed by atoms with Crippen molar-refractivity contribution in [2.24, 2.45) is 58.2 Å². The highest BCUT2D eigenvalue weighted by Gasteiger charge is 2.69. The molecule has 0 aromatic rings. The van der Waals surface area contributed by atoms with E-state index in [0.717, 1.165) is 12.8 Å². The Hall–Kier alpha value is -1.44. The molecule has 0 aromatic heterocycles. The second kappa shape index (κ2) is 8.90. The van der Waals surface area contributed by atoms with Gasteiger partial charge in [0.2, 0.25) is 0 Å². The van der Waals surface area contributed by atoms with E-state index in [-0.39, 0.29) is 53.1 Å². The Morgan fingerprint density at radius 2 is 1.68 bits per heavy atom. The first-order valence-corrected chi connectivity index (χ1v) is 13.6. The van der Waals surface area contributed by atoms with Gasteiger partial charge in [-0.15, -0.1) is 0 Å². The molecule has 0 radical (unpaired) electrons. The van der Waals surface area contributed by atoms with Crippen molar-refractivity contribution in [2.75, 3.05) is 0 Å². The van der Waals surface area contributed by atoms with E-state index in [4.69, 9.17) is 0 Å². The highest BCUT2D eigenvalue weighted by Crippen LogP contribution is 2.70. The lowest BCUT2D eigenvalue weighted by Gasteiger charge is -2.62. The van der Waals surface area contributed by atoms with Crippen LogP contribution in [-0.4, -0.2) is 43.8 Å². The largest absolute Gasteiger partial charge is 0.481 e. The molecule has 7 nitrogen and oxygen atoms in total.